The summed E-state index contributed by atoms with van der Waals surface area (Å²) >= 11 is 17.7. The number of hydrogen-bond donors (Lipinski definition) is 0. The number of benzene rings is 1. The lowest BCUT2D eigenvalue weighted by molar-refractivity contribution is -0.384. The number of hydrogen-bond acceptors (Lipinski definition) is 5. The first-order valence-electron chi connectivity index (χ1n) is 5.18. The molecule has 1 aromatic heterocycles. The second-order valence-electron chi connectivity index (χ2n) is 3.69. The average molecular weight is 335 g/mol. The van der Waals surface area contributed by atoms with Crippen molar-refractivity contribution >= 4 is 40.5 Å². The van der Waals surface area contributed by atoms with Crippen LogP contribution in [-0.2, 0) is 0 Å². The molecular formula is C11H6Cl3N3O3. The van der Waals surface area contributed by atoms with Gasteiger partial charge in [-0.15, -0.1) is 0 Å². The predicted molar refractivity (Wildman–Crippen MR) is 75.0 cm³/mol. The number of non-ortho nitro benzene ring substituents is 1. The van der Waals surface area contributed by atoms with Gasteiger partial charge in [0, 0.05) is 17.7 Å². The Balaban J connectivity index is 2.44. The quantitative estimate of drug-likeness (QED) is 0.471. The smallest absolute Gasteiger partial charge is 0.272 e. The highest BCUT2D eigenvalue weighted by Gasteiger charge is 2.18. The Bertz CT molecular complexity index is 671. The van der Waals surface area contributed by atoms with Crippen LogP contribution in [0.4, 0.5) is 5.69 Å². The number of ether oxygens (including phenoxy) is 1. The van der Waals surface area contributed by atoms with Gasteiger partial charge < -0.3 is 4.74 Å². The molecule has 0 atom stereocenters. The minimum absolute atomic E-state index is 0.00154. The molecular weight excluding hydrogens is 328 g/mol. The first-order valence-corrected chi connectivity index (χ1v) is 6.32. The number of aromatic nitrogens is 2. The molecule has 0 amide bonds. The zero-order valence-electron chi connectivity index (χ0n) is 9.93. The Morgan fingerprint density at radius 3 is 2.35 bits per heavy atom. The van der Waals surface area contributed by atoms with Gasteiger partial charge >= 0.3 is 0 Å². The maximum atomic E-state index is 10.7. The number of nitro benzene ring substituents is 1. The Morgan fingerprint density at radius 1 is 1.20 bits per heavy atom. The van der Waals surface area contributed by atoms with Gasteiger partial charge in [-0.05, 0) is 6.92 Å². The number of nitrogens with zero attached hydrogens (tertiary/aromatic N) is 3. The van der Waals surface area contributed by atoms with Crippen LogP contribution in [0.3, 0.4) is 0 Å². The molecule has 0 N–H and O–H groups in total. The predicted octanol–water partition coefficient (Wildman–Crippen LogP) is 4.45. The van der Waals surface area contributed by atoms with E-state index in [1.54, 1.807) is 6.92 Å². The van der Waals surface area contributed by atoms with Crippen LogP contribution in [0, 0.1) is 17.0 Å². The molecule has 0 radical (unpaired) electrons. The molecule has 1 heterocycles. The van der Waals surface area contributed by atoms with E-state index < -0.39 is 4.92 Å². The Kier molecular flexibility index (Phi) is 4.27. The topological polar surface area (TPSA) is 78.2 Å². The number of nitro groups is 1. The monoisotopic (exact) mass is 333 g/mol. The Labute approximate surface area is 128 Å². The Hall–Kier alpha value is -1.63. The van der Waals surface area contributed by atoms with Gasteiger partial charge in [-0.25, -0.2) is 9.97 Å². The van der Waals surface area contributed by atoms with Crippen LogP contribution < -0.4 is 4.74 Å². The molecule has 0 aliphatic carbocycles. The molecule has 0 fully saturated rings. The second kappa shape index (κ2) is 5.78. The van der Waals surface area contributed by atoms with Crippen molar-refractivity contribution in [2.45, 2.75) is 6.92 Å². The van der Waals surface area contributed by atoms with E-state index in [9.17, 15) is 10.1 Å². The largest absolute Gasteiger partial charge is 0.435 e. The highest BCUT2D eigenvalue weighted by atomic mass is 35.5. The van der Waals surface area contributed by atoms with Crippen molar-refractivity contribution in [2.24, 2.45) is 0 Å². The maximum Gasteiger partial charge on any atom is 0.272 e. The van der Waals surface area contributed by atoms with E-state index in [4.69, 9.17) is 39.5 Å². The maximum absolute atomic E-state index is 10.7. The lowest BCUT2D eigenvalue weighted by Gasteiger charge is -2.10. The van der Waals surface area contributed by atoms with Crippen LogP contribution in [0.5, 0.6) is 11.6 Å². The summed E-state index contributed by atoms with van der Waals surface area (Å²) < 4.78 is 5.46. The molecule has 0 saturated carbocycles. The number of rotatable bonds is 3. The first-order chi connectivity index (χ1) is 9.40. The van der Waals surface area contributed by atoms with E-state index in [0.29, 0.717) is 5.56 Å². The third kappa shape index (κ3) is 2.92. The summed E-state index contributed by atoms with van der Waals surface area (Å²) in [7, 11) is 0. The van der Waals surface area contributed by atoms with E-state index >= 15 is 0 Å². The average Bonchev–Trinajstić information content (AvgIpc) is 2.38. The second-order valence-corrected chi connectivity index (χ2v) is 4.86. The summed E-state index contributed by atoms with van der Waals surface area (Å²) in [6.07, 6.45) is 1.22. The fourth-order valence-electron chi connectivity index (χ4n) is 1.36. The van der Waals surface area contributed by atoms with Crippen molar-refractivity contribution in [3.05, 3.63) is 49.3 Å². The normalized spacial score (nSPS) is 10.4. The minimum Gasteiger partial charge on any atom is -0.435 e. The van der Waals surface area contributed by atoms with Gasteiger partial charge in [0.15, 0.2) is 5.75 Å². The summed E-state index contributed by atoms with van der Waals surface area (Å²) in [5.74, 6) is 0.236. The number of halogens is 3. The fraction of sp³-hybridized carbons (Fsp3) is 0.0909. The summed E-state index contributed by atoms with van der Waals surface area (Å²) in [5.41, 5.74) is 0.268. The van der Waals surface area contributed by atoms with Crippen molar-refractivity contribution in [3.8, 4) is 11.6 Å². The van der Waals surface area contributed by atoms with Crippen molar-refractivity contribution in [1.82, 2.24) is 9.97 Å². The molecule has 0 aliphatic rings. The van der Waals surface area contributed by atoms with Crippen molar-refractivity contribution in [2.75, 3.05) is 0 Å². The molecule has 9 heteroatoms. The molecule has 2 aromatic rings. The Morgan fingerprint density at radius 2 is 1.80 bits per heavy atom. The lowest BCUT2D eigenvalue weighted by Crippen LogP contribution is -1.96. The van der Waals surface area contributed by atoms with Crippen molar-refractivity contribution in [1.29, 1.82) is 0 Å². The third-order valence-electron chi connectivity index (χ3n) is 2.37. The summed E-state index contributed by atoms with van der Waals surface area (Å²) in [4.78, 5) is 17.8. The highest BCUT2D eigenvalue weighted by molar-refractivity contribution is 6.37. The molecule has 0 saturated heterocycles. The fourth-order valence-corrected chi connectivity index (χ4v) is 2.04. The van der Waals surface area contributed by atoms with Gasteiger partial charge in [0.25, 0.3) is 5.69 Å². The molecule has 0 unspecified atom stereocenters. The standard InChI is InChI=1S/C11H6Cl3N3O3/c1-5-10(14)15-4-16-11(5)20-9-7(12)2-6(17(18)19)3-8(9)13/h2-4H,1H3. The summed E-state index contributed by atoms with van der Waals surface area (Å²) in [6.45, 7) is 1.66. The van der Waals surface area contributed by atoms with Gasteiger partial charge in [0.05, 0.1) is 15.0 Å². The van der Waals surface area contributed by atoms with Crippen LogP contribution in [0.15, 0.2) is 18.5 Å². The van der Waals surface area contributed by atoms with Gasteiger partial charge in [0.1, 0.15) is 11.5 Å². The first kappa shape index (κ1) is 14.8. The molecule has 2 rings (SSSR count). The van der Waals surface area contributed by atoms with Gasteiger partial charge in [-0.2, -0.15) is 0 Å². The summed E-state index contributed by atoms with van der Waals surface area (Å²) in [6, 6.07) is 2.28. The van der Waals surface area contributed by atoms with E-state index in [0.717, 1.165) is 12.1 Å². The van der Waals surface area contributed by atoms with Crippen LogP contribution in [-0.4, -0.2) is 14.9 Å². The minimum atomic E-state index is -0.603. The van der Waals surface area contributed by atoms with Crippen LogP contribution in [0.25, 0.3) is 0 Å². The SMILES string of the molecule is Cc1c(Cl)ncnc1Oc1c(Cl)cc([N+](=O)[O-])cc1Cl. The third-order valence-corrected chi connectivity index (χ3v) is 3.31. The van der Waals surface area contributed by atoms with Gasteiger partial charge in [0.2, 0.25) is 5.88 Å². The van der Waals surface area contributed by atoms with Gasteiger partial charge in [-0.1, -0.05) is 34.8 Å². The van der Waals surface area contributed by atoms with Crippen LogP contribution >= 0.6 is 34.8 Å². The molecule has 0 spiro atoms. The molecule has 20 heavy (non-hydrogen) atoms. The van der Waals surface area contributed by atoms with E-state index in [1.807, 2.05) is 0 Å². The molecule has 104 valence electrons. The highest BCUT2D eigenvalue weighted by Crippen LogP contribution is 2.39. The van der Waals surface area contributed by atoms with E-state index in [2.05, 4.69) is 9.97 Å². The van der Waals surface area contributed by atoms with Gasteiger partial charge in [-0.3, -0.25) is 10.1 Å². The molecule has 1 aromatic carbocycles. The van der Waals surface area contributed by atoms with Crippen LogP contribution in [0.1, 0.15) is 5.56 Å². The summed E-state index contributed by atoms with van der Waals surface area (Å²) in [5, 5.41) is 10.9. The van der Waals surface area contributed by atoms with E-state index in [1.165, 1.54) is 6.33 Å². The van der Waals surface area contributed by atoms with Crippen LogP contribution in [0.2, 0.25) is 15.2 Å². The van der Waals surface area contributed by atoms with Crippen molar-refractivity contribution in [3.63, 3.8) is 0 Å². The molecule has 0 bridgehead atoms. The lowest BCUT2D eigenvalue weighted by atomic mass is 10.3. The zero-order chi connectivity index (χ0) is 14.9. The zero-order valence-corrected chi connectivity index (χ0v) is 12.2. The van der Waals surface area contributed by atoms with Crippen molar-refractivity contribution < 1.29 is 9.66 Å². The molecule has 0 aliphatic heterocycles. The van der Waals surface area contributed by atoms with E-state index in [-0.39, 0.29) is 32.5 Å². The molecule has 6 nitrogen and oxygen atoms in total.